The van der Waals surface area contributed by atoms with E-state index in [0.29, 0.717) is 6.61 Å². The number of nitrogens with zero attached hydrogens (tertiary/aromatic N) is 1. The summed E-state index contributed by atoms with van der Waals surface area (Å²) in [5, 5.41) is 11.4. The molecular formula is C7H11NO3. The highest BCUT2D eigenvalue weighted by molar-refractivity contribution is 6.40. The minimum absolute atomic E-state index is 0.141. The van der Waals surface area contributed by atoms with Crippen LogP contribution in [0.25, 0.3) is 0 Å². The van der Waals surface area contributed by atoms with Crippen LogP contribution in [0, 0.1) is 0 Å². The first-order chi connectivity index (χ1) is 5.25. The molecule has 11 heavy (non-hydrogen) atoms. The molecule has 1 rings (SSSR count). The third kappa shape index (κ3) is 1.77. The normalized spacial score (nSPS) is 25.5. The second kappa shape index (κ2) is 3.48. The zero-order valence-corrected chi connectivity index (χ0v) is 6.41. The minimum atomic E-state index is -0.280. The number of Topliss-reactive ketones (excluding diaryl/α,β-unsaturated/α-hetero) is 1. The van der Waals surface area contributed by atoms with Crippen molar-refractivity contribution in [2.45, 2.75) is 25.9 Å². The summed E-state index contributed by atoms with van der Waals surface area (Å²) < 4.78 is 5.16. The van der Waals surface area contributed by atoms with Crippen LogP contribution in [-0.4, -0.2) is 29.4 Å². The summed E-state index contributed by atoms with van der Waals surface area (Å²) in [4.78, 5) is 10.8. The molecule has 0 aliphatic carbocycles. The van der Waals surface area contributed by atoms with E-state index in [0.717, 1.165) is 12.8 Å². The number of oxime groups is 1. The van der Waals surface area contributed by atoms with Crippen LogP contribution in [0.15, 0.2) is 5.16 Å². The van der Waals surface area contributed by atoms with Gasteiger partial charge in [-0.1, -0.05) is 5.16 Å². The van der Waals surface area contributed by atoms with Gasteiger partial charge in [0, 0.05) is 13.5 Å². The molecule has 1 N–H and O–H groups in total. The fourth-order valence-electron chi connectivity index (χ4n) is 1.15. The van der Waals surface area contributed by atoms with Gasteiger partial charge in [0.2, 0.25) is 0 Å². The molecule has 0 aromatic carbocycles. The van der Waals surface area contributed by atoms with Crippen LogP contribution in [0.4, 0.5) is 0 Å². The van der Waals surface area contributed by atoms with Gasteiger partial charge < -0.3 is 9.94 Å². The maximum Gasteiger partial charge on any atom is 0.180 e. The molecule has 0 radical (unpaired) electrons. The van der Waals surface area contributed by atoms with Crippen molar-refractivity contribution < 1.29 is 14.7 Å². The molecule has 0 saturated carbocycles. The molecule has 1 fully saturated rings. The molecule has 1 saturated heterocycles. The predicted molar refractivity (Wildman–Crippen MR) is 38.9 cm³/mol. The molecule has 0 spiro atoms. The van der Waals surface area contributed by atoms with Crippen LogP contribution in [0.3, 0.4) is 0 Å². The molecule has 1 aliphatic heterocycles. The highest BCUT2D eigenvalue weighted by Gasteiger charge is 2.24. The van der Waals surface area contributed by atoms with Crippen LogP contribution >= 0.6 is 0 Å². The van der Waals surface area contributed by atoms with Gasteiger partial charge >= 0.3 is 0 Å². The number of hydrogen-bond donors (Lipinski definition) is 1. The smallest absolute Gasteiger partial charge is 0.180 e. The van der Waals surface area contributed by atoms with E-state index < -0.39 is 0 Å². The number of ketones is 1. The van der Waals surface area contributed by atoms with E-state index >= 15 is 0 Å². The van der Waals surface area contributed by atoms with Gasteiger partial charge in [0.25, 0.3) is 0 Å². The van der Waals surface area contributed by atoms with Gasteiger partial charge in [-0.3, -0.25) is 4.79 Å². The van der Waals surface area contributed by atoms with Crippen molar-refractivity contribution in [3.63, 3.8) is 0 Å². The summed E-state index contributed by atoms with van der Waals surface area (Å²) in [5.74, 6) is -0.223. The van der Waals surface area contributed by atoms with Crippen LogP contribution in [-0.2, 0) is 9.53 Å². The maximum atomic E-state index is 10.8. The lowest BCUT2D eigenvalue weighted by molar-refractivity contribution is -0.111. The lowest BCUT2D eigenvalue weighted by Crippen LogP contribution is -2.26. The Morgan fingerprint density at radius 1 is 1.73 bits per heavy atom. The highest BCUT2D eigenvalue weighted by Crippen LogP contribution is 2.13. The van der Waals surface area contributed by atoms with Gasteiger partial charge in [-0.05, 0) is 12.8 Å². The largest absolute Gasteiger partial charge is 0.410 e. The molecule has 0 bridgehead atoms. The lowest BCUT2D eigenvalue weighted by Gasteiger charge is -2.06. The van der Waals surface area contributed by atoms with Gasteiger partial charge in [0.05, 0.1) is 0 Å². The summed E-state index contributed by atoms with van der Waals surface area (Å²) >= 11 is 0. The Bertz CT molecular complexity index is 182. The average Bonchev–Trinajstić information content (AvgIpc) is 2.40. The van der Waals surface area contributed by atoms with Gasteiger partial charge in [-0.2, -0.15) is 0 Å². The van der Waals surface area contributed by atoms with Crippen molar-refractivity contribution in [3.8, 4) is 0 Å². The highest BCUT2D eigenvalue weighted by atomic mass is 16.5. The Balaban J connectivity index is 2.62. The van der Waals surface area contributed by atoms with Crippen molar-refractivity contribution in [3.05, 3.63) is 0 Å². The Labute approximate surface area is 64.8 Å². The first kappa shape index (κ1) is 8.20. The van der Waals surface area contributed by atoms with E-state index in [1.807, 2.05) is 0 Å². The number of hydrogen-bond acceptors (Lipinski definition) is 4. The third-order valence-corrected chi connectivity index (χ3v) is 1.70. The number of rotatable bonds is 2. The molecule has 62 valence electrons. The van der Waals surface area contributed by atoms with Crippen LogP contribution in [0.2, 0.25) is 0 Å². The predicted octanol–water partition coefficient (Wildman–Crippen LogP) is 0.585. The fraction of sp³-hybridized carbons (Fsp3) is 0.714. The van der Waals surface area contributed by atoms with Gasteiger partial charge in [0.15, 0.2) is 11.5 Å². The zero-order chi connectivity index (χ0) is 8.27. The molecule has 1 heterocycles. The van der Waals surface area contributed by atoms with Gasteiger partial charge in [0.1, 0.15) is 6.10 Å². The van der Waals surface area contributed by atoms with Crippen LogP contribution in [0.5, 0.6) is 0 Å². The third-order valence-electron chi connectivity index (χ3n) is 1.70. The van der Waals surface area contributed by atoms with E-state index in [1.165, 1.54) is 6.92 Å². The average molecular weight is 157 g/mol. The van der Waals surface area contributed by atoms with Gasteiger partial charge in [-0.15, -0.1) is 0 Å². The molecule has 0 aromatic heterocycles. The standard InChI is InChI=1S/C7H11NO3/c1-5(9)7(8-10)6-3-2-4-11-6/h6,10H,2-4H2,1H3/b8-7-. The Kier molecular flexibility index (Phi) is 2.59. The fourth-order valence-corrected chi connectivity index (χ4v) is 1.15. The quantitative estimate of drug-likeness (QED) is 0.362. The summed E-state index contributed by atoms with van der Waals surface area (Å²) in [6.45, 7) is 2.02. The molecule has 1 unspecified atom stereocenters. The van der Waals surface area contributed by atoms with E-state index in [1.54, 1.807) is 0 Å². The van der Waals surface area contributed by atoms with E-state index in [2.05, 4.69) is 5.16 Å². The zero-order valence-electron chi connectivity index (χ0n) is 6.41. The Hall–Kier alpha value is -0.900. The molecule has 4 nitrogen and oxygen atoms in total. The van der Waals surface area contributed by atoms with Crippen molar-refractivity contribution in [1.82, 2.24) is 0 Å². The second-order valence-electron chi connectivity index (χ2n) is 2.54. The van der Waals surface area contributed by atoms with Crippen LogP contribution < -0.4 is 0 Å². The number of carbonyl (C=O) groups excluding carboxylic acids is 1. The maximum absolute atomic E-state index is 10.8. The van der Waals surface area contributed by atoms with Crippen molar-refractivity contribution in [2.24, 2.45) is 5.16 Å². The topological polar surface area (TPSA) is 58.9 Å². The molecule has 0 amide bonds. The van der Waals surface area contributed by atoms with Crippen molar-refractivity contribution in [2.75, 3.05) is 6.61 Å². The second-order valence-corrected chi connectivity index (χ2v) is 2.54. The Morgan fingerprint density at radius 2 is 2.45 bits per heavy atom. The lowest BCUT2D eigenvalue weighted by atomic mass is 10.1. The summed E-state index contributed by atoms with van der Waals surface area (Å²) in [6.07, 6.45) is 1.42. The SMILES string of the molecule is CC(=O)/C(=N/O)C1CCCO1. The van der Waals surface area contributed by atoms with E-state index in [4.69, 9.17) is 9.94 Å². The first-order valence-corrected chi connectivity index (χ1v) is 3.60. The van der Waals surface area contributed by atoms with E-state index in [9.17, 15) is 4.79 Å². The molecule has 4 heteroatoms. The van der Waals surface area contributed by atoms with E-state index in [-0.39, 0.29) is 17.6 Å². The molecule has 0 aromatic rings. The first-order valence-electron chi connectivity index (χ1n) is 3.60. The molecule has 1 aliphatic rings. The minimum Gasteiger partial charge on any atom is -0.410 e. The monoisotopic (exact) mass is 157 g/mol. The number of carbonyl (C=O) groups is 1. The summed E-state index contributed by atoms with van der Waals surface area (Å²) in [6, 6.07) is 0. The van der Waals surface area contributed by atoms with Crippen LogP contribution in [0.1, 0.15) is 19.8 Å². The molecule has 1 atom stereocenters. The molecular weight excluding hydrogens is 146 g/mol. The Morgan fingerprint density at radius 3 is 2.82 bits per heavy atom. The van der Waals surface area contributed by atoms with Gasteiger partial charge in [-0.25, -0.2) is 0 Å². The van der Waals surface area contributed by atoms with Crippen molar-refractivity contribution >= 4 is 11.5 Å². The summed E-state index contributed by atoms with van der Waals surface area (Å²) in [7, 11) is 0. The summed E-state index contributed by atoms with van der Waals surface area (Å²) in [5.41, 5.74) is 0.141. The van der Waals surface area contributed by atoms with Crippen molar-refractivity contribution in [1.29, 1.82) is 0 Å². The number of ether oxygens (including phenoxy) is 1.